The first-order valence-electron chi connectivity index (χ1n) is 5.36. The minimum Gasteiger partial charge on any atom is -0.387 e. The molecule has 0 saturated heterocycles. The van der Waals surface area contributed by atoms with Crippen molar-refractivity contribution in [3.63, 3.8) is 0 Å². The quantitative estimate of drug-likeness (QED) is 0.550. The van der Waals surface area contributed by atoms with Crippen LogP contribution < -0.4 is 5.32 Å². The van der Waals surface area contributed by atoms with Crippen molar-refractivity contribution in [2.75, 3.05) is 13.1 Å². The Hall–Kier alpha value is -1.12. The van der Waals surface area contributed by atoms with Crippen LogP contribution in [-0.4, -0.2) is 18.2 Å². The van der Waals surface area contributed by atoms with Gasteiger partial charge >= 0.3 is 0 Å². The van der Waals surface area contributed by atoms with E-state index in [2.05, 4.69) is 31.0 Å². The Morgan fingerprint density at radius 3 is 2.60 bits per heavy atom. The van der Waals surface area contributed by atoms with Gasteiger partial charge in [0.1, 0.15) is 0 Å². The molecular weight excluding hydrogens is 186 g/mol. The van der Waals surface area contributed by atoms with Crippen molar-refractivity contribution >= 4 is 0 Å². The highest BCUT2D eigenvalue weighted by Crippen LogP contribution is 2.13. The predicted molar refractivity (Wildman–Crippen MR) is 63.8 cm³/mol. The summed E-state index contributed by atoms with van der Waals surface area (Å²) in [6.07, 6.45) is 2.38. The second kappa shape index (κ2) is 6.38. The minimum absolute atomic E-state index is 0.434. The molecule has 0 saturated carbocycles. The summed E-state index contributed by atoms with van der Waals surface area (Å²) in [5.74, 6) is 0. The molecule has 1 aromatic rings. The standard InChI is InChI=1S/C13H19NO/c1-3-9-14-10-13(15)12-7-5-11(4-2)6-8-12/h3,5-8,13-15H,1,4,9-10H2,2H3. The molecule has 0 aliphatic heterocycles. The topological polar surface area (TPSA) is 32.3 Å². The molecule has 1 aromatic carbocycles. The van der Waals surface area contributed by atoms with Gasteiger partial charge in [-0.3, -0.25) is 0 Å². The molecule has 0 fully saturated rings. The van der Waals surface area contributed by atoms with Crippen molar-refractivity contribution in [2.24, 2.45) is 0 Å². The Bertz CT molecular complexity index is 292. The first kappa shape index (κ1) is 12.0. The Morgan fingerprint density at radius 1 is 1.40 bits per heavy atom. The van der Waals surface area contributed by atoms with Crippen molar-refractivity contribution in [1.82, 2.24) is 5.32 Å². The molecule has 82 valence electrons. The molecule has 2 heteroatoms. The predicted octanol–water partition coefficient (Wildman–Crippen LogP) is 2.06. The Morgan fingerprint density at radius 2 is 2.07 bits per heavy atom. The third kappa shape index (κ3) is 3.86. The van der Waals surface area contributed by atoms with Crippen molar-refractivity contribution in [2.45, 2.75) is 19.4 Å². The van der Waals surface area contributed by atoms with Gasteiger partial charge in [-0.05, 0) is 17.5 Å². The fraction of sp³-hybridized carbons (Fsp3) is 0.385. The van der Waals surface area contributed by atoms with Gasteiger partial charge in [-0.25, -0.2) is 0 Å². The number of hydrogen-bond donors (Lipinski definition) is 2. The SMILES string of the molecule is C=CCNCC(O)c1ccc(CC)cc1. The van der Waals surface area contributed by atoms with Crippen molar-refractivity contribution in [3.05, 3.63) is 48.0 Å². The van der Waals surface area contributed by atoms with E-state index >= 15 is 0 Å². The van der Waals surface area contributed by atoms with Crippen LogP contribution >= 0.6 is 0 Å². The molecule has 1 atom stereocenters. The van der Waals surface area contributed by atoms with E-state index in [1.165, 1.54) is 5.56 Å². The van der Waals surface area contributed by atoms with Crippen molar-refractivity contribution in [1.29, 1.82) is 0 Å². The average Bonchev–Trinajstić information content (AvgIpc) is 2.29. The van der Waals surface area contributed by atoms with Crippen LogP contribution in [0.2, 0.25) is 0 Å². The molecule has 0 aliphatic rings. The molecule has 0 aliphatic carbocycles. The van der Waals surface area contributed by atoms with Gasteiger partial charge in [0.05, 0.1) is 6.10 Å². The summed E-state index contributed by atoms with van der Waals surface area (Å²) in [5, 5.41) is 12.9. The molecule has 2 N–H and O–H groups in total. The Kier molecular flexibility index (Phi) is 5.08. The zero-order valence-electron chi connectivity index (χ0n) is 9.24. The number of benzene rings is 1. The summed E-state index contributed by atoms with van der Waals surface area (Å²) in [5.41, 5.74) is 2.26. The van der Waals surface area contributed by atoms with E-state index in [1.807, 2.05) is 12.1 Å². The number of rotatable bonds is 6. The second-order valence-electron chi connectivity index (χ2n) is 3.56. The summed E-state index contributed by atoms with van der Waals surface area (Å²) >= 11 is 0. The molecule has 2 nitrogen and oxygen atoms in total. The van der Waals surface area contributed by atoms with E-state index in [9.17, 15) is 5.11 Å². The summed E-state index contributed by atoms with van der Waals surface area (Å²) in [4.78, 5) is 0. The first-order valence-corrected chi connectivity index (χ1v) is 5.36. The lowest BCUT2D eigenvalue weighted by atomic mass is 10.1. The first-order chi connectivity index (χ1) is 7.27. The molecule has 1 unspecified atom stereocenters. The average molecular weight is 205 g/mol. The molecule has 1 rings (SSSR count). The maximum Gasteiger partial charge on any atom is 0.0914 e. The third-order valence-electron chi connectivity index (χ3n) is 2.40. The second-order valence-corrected chi connectivity index (χ2v) is 3.56. The molecule has 0 bridgehead atoms. The van der Waals surface area contributed by atoms with Crippen LogP contribution in [0.5, 0.6) is 0 Å². The van der Waals surface area contributed by atoms with Crippen LogP contribution in [-0.2, 0) is 6.42 Å². The van der Waals surface area contributed by atoms with Gasteiger partial charge in [0.25, 0.3) is 0 Å². The highest BCUT2D eigenvalue weighted by Gasteiger charge is 2.05. The van der Waals surface area contributed by atoms with Gasteiger partial charge in [-0.2, -0.15) is 0 Å². The van der Waals surface area contributed by atoms with Gasteiger partial charge in [0.2, 0.25) is 0 Å². The minimum atomic E-state index is -0.434. The van der Waals surface area contributed by atoms with Gasteiger partial charge < -0.3 is 10.4 Å². The van der Waals surface area contributed by atoms with Crippen LogP contribution in [0.1, 0.15) is 24.2 Å². The molecule has 0 amide bonds. The lowest BCUT2D eigenvalue weighted by molar-refractivity contribution is 0.176. The third-order valence-corrected chi connectivity index (χ3v) is 2.40. The summed E-state index contributed by atoms with van der Waals surface area (Å²) in [6.45, 7) is 7.02. The lowest BCUT2D eigenvalue weighted by Crippen LogP contribution is -2.21. The fourth-order valence-corrected chi connectivity index (χ4v) is 1.42. The molecule has 0 aromatic heterocycles. The van der Waals surface area contributed by atoms with Crippen LogP contribution in [0.4, 0.5) is 0 Å². The van der Waals surface area contributed by atoms with E-state index in [-0.39, 0.29) is 0 Å². The number of hydrogen-bond acceptors (Lipinski definition) is 2. The zero-order valence-corrected chi connectivity index (χ0v) is 9.24. The Labute approximate surface area is 91.6 Å². The van der Waals surface area contributed by atoms with E-state index < -0.39 is 6.10 Å². The summed E-state index contributed by atoms with van der Waals surface area (Å²) < 4.78 is 0. The number of nitrogens with one attached hydrogen (secondary N) is 1. The largest absolute Gasteiger partial charge is 0.387 e. The van der Waals surface area contributed by atoms with Crippen LogP contribution in [0, 0.1) is 0 Å². The normalized spacial score (nSPS) is 12.4. The summed E-state index contributed by atoms with van der Waals surface area (Å²) in [6, 6.07) is 8.09. The maximum atomic E-state index is 9.81. The molecule has 0 heterocycles. The van der Waals surface area contributed by atoms with Gasteiger partial charge in [0.15, 0.2) is 0 Å². The van der Waals surface area contributed by atoms with Crippen LogP contribution in [0.15, 0.2) is 36.9 Å². The smallest absolute Gasteiger partial charge is 0.0914 e. The molecule has 15 heavy (non-hydrogen) atoms. The van der Waals surface area contributed by atoms with Crippen LogP contribution in [0.3, 0.4) is 0 Å². The van der Waals surface area contributed by atoms with E-state index in [0.29, 0.717) is 6.54 Å². The monoisotopic (exact) mass is 205 g/mol. The fourth-order valence-electron chi connectivity index (χ4n) is 1.42. The van der Waals surface area contributed by atoms with Crippen molar-refractivity contribution in [3.8, 4) is 0 Å². The van der Waals surface area contributed by atoms with Gasteiger partial charge in [-0.1, -0.05) is 37.3 Å². The Balaban J connectivity index is 2.50. The number of aryl methyl sites for hydroxylation is 1. The van der Waals surface area contributed by atoms with Crippen molar-refractivity contribution < 1.29 is 5.11 Å². The lowest BCUT2D eigenvalue weighted by Gasteiger charge is -2.11. The van der Waals surface area contributed by atoms with Gasteiger partial charge in [0, 0.05) is 13.1 Å². The highest BCUT2D eigenvalue weighted by molar-refractivity contribution is 5.24. The molecule has 0 radical (unpaired) electrons. The van der Waals surface area contributed by atoms with E-state index in [1.54, 1.807) is 6.08 Å². The van der Waals surface area contributed by atoms with E-state index in [4.69, 9.17) is 0 Å². The van der Waals surface area contributed by atoms with Crippen LogP contribution in [0.25, 0.3) is 0 Å². The molecular formula is C13H19NO. The van der Waals surface area contributed by atoms with E-state index in [0.717, 1.165) is 18.5 Å². The number of aliphatic hydroxyl groups is 1. The van der Waals surface area contributed by atoms with Gasteiger partial charge in [-0.15, -0.1) is 6.58 Å². The zero-order chi connectivity index (χ0) is 11.1. The highest BCUT2D eigenvalue weighted by atomic mass is 16.3. The number of aliphatic hydroxyl groups excluding tert-OH is 1. The maximum absolute atomic E-state index is 9.81. The summed E-state index contributed by atoms with van der Waals surface area (Å²) in [7, 11) is 0. The molecule has 0 spiro atoms.